The summed E-state index contributed by atoms with van der Waals surface area (Å²) in [6, 6.07) is 23.3. The maximum absolute atomic E-state index is 13.4. The van der Waals surface area contributed by atoms with Crippen molar-refractivity contribution in [3.63, 3.8) is 0 Å². The van der Waals surface area contributed by atoms with Gasteiger partial charge in [-0.25, -0.2) is 13.6 Å². The highest BCUT2D eigenvalue weighted by molar-refractivity contribution is 5.67. The molecule has 1 saturated heterocycles. The molecule has 2 N–H and O–H groups in total. The number of aliphatic carboxylic acids is 1. The SMILES string of the molecule is Fc1ccc(C(OCCN2CCN(CCCc3ccccc3)CC2)c2ccc(F)cc2)cc1.O=C(O)CO. The molecule has 0 spiro atoms. The van der Waals surface area contributed by atoms with Crippen LogP contribution in [0.5, 0.6) is 0 Å². The Morgan fingerprint density at radius 1 is 0.789 bits per heavy atom. The second kappa shape index (κ2) is 15.9. The van der Waals surface area contributed by atoms with Crippen molar-refractivity contribution in [2.75, 3.05) is 52.5 Å². The quantitative estimate of drug-likeness (QED) is 0.386. The molecule has 4 rings (SSSR count). The zero-order chi connectivity index (χ0) is 27.2. The molecule has 0 atom stereocenters. The smallest absolute Gasteiger partial charge is 0.329 e. The van der Waals surface area contributed by atoms with Crippen molar-refractivity contribution in [3.8, 4) is 0 Å². The van der Waals surface area contributed by atoms with Crippen LogP contribution in [0.2, 0.25) is 0 Å². The van der Waals surface area contributed by atoms with Crippen LogP contribution in [-0.2, 0) is 16.0 Å². The normalized spacial score (nSPS) is 14.2. The zero-order valence-electron chi connectivity index (χ0n) is 21.5. The number of piperazine rings is 1. The number of carboxylic acids is 1. The summed E-state index contributed by atoms with van der Waals surface area (Å²) in [4.78, 5) is 14.1. The van der Waals surface area contributed by atoms with Crippen molar-refractivity contribution in [2.24, 2.45) is 0 Å². The average molecular weight is 527 g/mol. The van der Waals surface area contributed by atoms with Crippen LogP contribution in [0.15, 0.2) is 78.9 Å². The molecule has 0 aliphatic carbocycles. The van der Waals surface area contributed by atoms with Crippen molar-refractivity contribution in [2.45, 2.75) is 18.9 Å². The molecule has 6 nitrogen and oxygen atoms in total. The number of aliphatic hydroxyl groups excluding tert-OH is 1. The van der Waals surface area contributed by atoms with Gasteiger partial charge in [0.15, 0.2) is 0 Å². The van der Waals surface area contributed by atoms with E-state index in [4.69, 9.17) is 19.7 Å². The van der Waals surface area contributed by atoms with Gasteiger partial charge in [-0.1, -0.05) is 54.6 Å². The summed E-state index contributed by atoms with van der Waals surface area (Å²) in [6.07, 6.45) is 1.97. The summed E-state index contributed by atoms with van der Waals surface area (Å²) in [5.74, 6) is -1.75. The lowest BCUT2D eigenvalue weighted by molar-refractivity contribution is -0.140. The number of hydrogen-bond acceptors (Lipinski definition) is 5. The molecular weight excluding hydrogens is 490 g/mol. The van der Waals surface area contributed by atoms with Crippen LogP contribution in [-0.4, -0.2) is 78.5 Å². The second-order valence-electron chi connectivity index (χ2n) is 9.18. The van der Waals surface area contributed by atoms with Gasteiger partial charge in [0.05, 0.1) is 6.61 Å². The van der Waals surface area contributed by atoms with E-state index in [1.165, 1.54) is 36.2 Å². The third-order valence-electron chi connectivity index (χ3n) is 6.42. The van der Waals surface area contributed by atoms with E-state index >= 15 is 0 Å². The summed E-state index contributed by atoms with van der Waals surface area (Å²) in [5.41, 5.74) is 3.14. The fourth-order valence-electron chi connectivity index (χ4n) is 4.35. The van der Waals surface area contributed by atoms with E-state index in [0.29, 0.717) is 6.61 Å². The van der Waals surface area contributed by atoms with Crippen molar-refractivity contribution in [1.82, 2.24) is 9.80 Å². The lowest BCUT2D eigenvalue weighted by atomic mass is 10.0. The number of benzene rings is 3. The summed E-state index contributed by atoms with van der Waals surface area (Å²) < 4.78 is 33.0. The molecule has 8 heteroatoms. The van der Waals surface area contributed by atoms with E-state index in [-0.39, 0.29) is 17.7 Å². The molecule has 1 heterocycles. The van der Waals surface area contributed by atoms with E-state index in [1.54, 1.807) is 24.3 Å². The topological polar surface area (TPSA) is 73.2 Å². The minimum absolute atomic E-state index is 0.279. The predicted octanol–water partition coefficient (Wildman–Crippen LogP) is 4.38. The number of nitrogens with zero attached hydrogens (tertiary/aromatic N) is 2. The highest BCUT2D eigenvalue weighted by Gasteiger charge is 2.19. The molecule has 38 heavy (non-hydrogen) atoms. The Morgan fingerprint density at radius 2 is 1.26 bits per heavy atom. The standard InChI is InChI=1S/C28H32F2N2O.C2H4O3/c29-26-12-8-24(9-13-26)28(25-10-14-27(30)15-11-25)33-22-21-32-19-17-31(18-20-32)16-4-7-23-5-2-1-3-6-23;3-1-2(4)5/h1-3,5-6,8-15,28H,4,7,16-22H2;3H,1H2,(H,4,5). The van der Waals surface area contributed by atoms with Gasteiger partial charge in [0.1, 0.15) is 24.3 Å². The minimum Gasteiger partial charge on any atom is -0.480 e. The molecule has 1 aliphatic heterocycles. The Balaban J connectivity index is 0.000000732. The molecule has 3 aromatic rings. The molecule has 1 fully saturated rings. The van der Waals surface area contributed by atoms with Gasteiger partial charge in [-0.3, -0.25) is 4.90 Å². The fraction of sp³-hybridized carbons (Fsp3) is 0.367. The predicted molar refractivity (Wildman–Crippen MR) is 143 cm³/mol. The highest BCUT2D eigenvalue weighted by Crippen LogP contribution is 2.26. The van der Waals surface area contributed by atoms with Gasteiger partial charge in [-0.05, 0) is 60.3 Å². The first-order chi connectivity index (χ1) is 18.4. The Morgan fingerprint density at radius 3 is 1.74 bits per heavy atom. The van der Waals surface area contributed by atoms with E-state index in [9.17, 15) is 8.78 Å². The van der Waals surface area contributed by atoms with E-state index < -0.39 is 12.6 Å². The summed E-state index contributed by atoms with van der Waals surface area (Å²) in [5, 5.41) is 15.0. The maximum atomic E-state index is 13.4. The van der Waals surface area contributed by atoms with Crippen LogP contribution in [0.1, 0.15) is 29.2 Å². The molecule has 0 amide bonds. The van der Waals surface area contributed by atoms with E-state index in [1.807, 2.05) is 0 Å². The molecule has 3 aromatic carbocycles. The van der Waals surface area contributed by atoms with E-state index in [0.717, 1.165) is 56.8 Å². The lowest BCUT2D eigenvalue weighted by Gasteiger charge is -2.35. The molecule has 0 radical (unpaired) electrons. The lowest BCUT2D eigenvalue weighted by Crippen LogP contribution is -2.47. The number of carboxylic acid groups (broad SMARTS) is 1. The molecule has 0 saturated carbocycles. The van der Waals surface area contributed by atoms with Gasteiger partial charge in [0.25, 0.3) is 0 Å². The Hall–Kier alpha value is -3.17. The van der Waals surface area contributed by atoms with Gasteiger partial charge >= 0.3 is 5.97 Å². The first-order valence-electron chi connectivity index (χ1n) is 12.9. The van der Waals surface area contributed by atoms with Crippen LogP contribution < -0.4 is 0 Å². The number of aryl methyl sites for hydroxylation is 1. The van der Waals surface area contributed by atoms with Crippen LogP contribution >= 0.6 is 0 Å². The van der Waals surface area contributed by atoms with Gasteiger partial charge in [-0.15, -0.1) is 0 Å². The Bertz CT molecular complexity index is 1030. The van der Waals surface area contributed by atoms with Gasteiger partial charge < -0.3 is 19.8 Å². The number of rotatable bonds is 11. The maximum Gasteiger partial charge on any atom is 0.329 e. The van der Waals surface area contributed by atoms with Gasteiger partial charge in [0, 0.05) is 32.7 Å². The molecule has 0 unspecified atom stereocenters. The summed E-state index contributed by atoms with van der Waals surface area (Å²) in [6.45, 7) is 5.99. The number of carbonyl (C=O) groups is 1. The first kappa shape index (κ1) is 29.4. The van der Waals surface area contributed by atoms with Crippen molar-refractivity contribution in [3.05, 3.63) is 107 Å². The van der Waals surface area contributed by atoms with Crippen LogP contribution in [0, 0.1) is 11.6 Å². The monoisotopic (exact) mass is 526 g/mol. The van der Waals surface area contributed by atoms with Gasteiger partial charge in [-0.2, -0.15) is 0 Å². The third kappa shape index (κ3) is 10.3. The average Bonchev–Trinajstić information content (AvgIpc) is 2.94. The van der Waals surface area contributed by atoms with Crippen LogP contribution in [0.3, 0.4) is 0 Å². The fourth-order valence-corrected chi connectivity index (χ4v) is 4.35. The highest BCUT2D eigenvalue weighted by atomic mass is 19.1. The minimum atomic E-state index is -1.19. The molecule has 0 bridgehead atoms. The van der Waals surface area contributed by atoms with Crippen molar-refractivity contribution >= 4 is 5.97 Å². The first-order valence-corrected chi connectivity index (χ1v) is 12.9. The molecule has 204 valence electrons. The number of hydrogen-bond donors (Lipinski definition) is 2. The van der Waals surface area contributed by atoms with Crippen LogP contribution in [0.25, 0.3) is 0 Å². The summed E-state index contributed by atoms with van der Waals surface area (Å²) in [7, 11) is 0. The van der Waals surface area contributed by atoms with Gasteiger partial charge in [0.2, 0.25) is 0 Å². The van der Waals surface area contributed by atoms with Crippen LogP contribution in [0.4, 0.5) is 8.78 Å². The largest absolute Gasteiger partial charge is 0.480 e. The third-order valence-corrected chi connectivity index (χ3v) is 6.42. The van der Waals surface area contributed by atoms with Crippen molar-refractivity contribution in [1.29, 1.82) is 0 Å². The second-order valence-corrected chi connectivity index (χ2v) is 9.18. The molecular formula is C30H36F2N2O4. The van der Waals surface area contributed by atoms with E-state index in [2.05, 4.69) is 40.1 Å². The number of halogens is 2. The Labute approximate surface area is 223 Å². The zero-order valence-corrected chi connectivity index (χ0v) is 21.5. The molecule has 1 aliphatic rings. The number of aliphatic hydroxyl groups is 1. The molecule has 0 aromatic heterocycles. The number of ether oxygens (including phenoxy) is 1. The summed E-state index contributed by atoms with van der Waals surface area (Å²) >= 11 is 0. The Kier molecular flexibility index (Phi) is 12.3. The van der Waals surface area contributed by atoms with Crippen molar-refractivity contribution < 1.29 is 28.5 Å².